The second-order valence-electron chi connectivity index (χ2n) is 5.56. The van der Waals surface area contributed by atoms with Crippen LogP contribution >= 0.6 is 0 Å². The molecule has 7 heteroatoms. The third-order valence-corrected chi connectivity index (χ3v) is 4.10. The van der Waals surface area contributed by atoms with Gasteiger partial charge in [0, 0.05) is 18.1 Å². The van der Waals surface area contributed by atoms with E-state index >= 15 is 0 Å². The van der Waals surface area contributed by atoms with Gasteiger partial charge in [-0.15, -0.1) is 0 Å². The van der Waals surface area contributed by atoms with Crippen molar-refractivity contribution < 1.29 is 18.9 Å². The molecule has 0 amide bonds. The summed E-state index contributed by atoms with van der Waals surface area (Å²) in [5, 5.41) is 0.444. The molecular weight excluding hydrogens is 324 g/mol. The fraction of sp³-hybridized carbons (Fsp3) is 0.222. The number of benzene rings is 2. The van der Waals surface area contributed by atoms with Crippen molar-refractivity contribution in [3.05, 3.63) is 52.1 Å². The Hall–Kier alpha value is -3.22. The monoisotopic (exact) mass is 340 g/mol. The molecule has 4 rings (SSSR count). The normalized spacial score (nSPS) is 12.4. The molecule has 128 valence electrons. The molecule has 0 unspecified atom stereocenters. The van der Waals surface area contributed by atoms with Gasteiger partial charge in [-0.25, -0.2) is 4.98 Å². The van der Waals surface area contributed by atoms with Crippen molar-refractivity contribution in [3.8, 4) is 23.0 Å². The minimum atomic E-state index is -0.231. The quantitative estimate of drug-likeness (QED) is 0.784. The van der Waals surface area contributed by atoms with Crippen LogP contribution in [-0.4, -0.2) is 31.0 Å². The summed E-state index contributed by atoms with van der Waals surface area (Å²) in [6.45, 7) is 0.199. The number of ether oxygens (including phenoxy) is 4. The zero-order valence-electron chi connectivity index (χ0n) is 13.8. The van der Waals surface area contributed by atoms with Gasteiger partial charge in [0.1, 0.15) is 5.82 Å². The van der Waals surface area contributed by atoms with Crippen LogP contribution in [0.5, 0.6) is 23.0 Å². The maximum absolute atomic E-state index is 12.4. The number of nitrogens with zero attached hydrogens (tertiary/aromatic N) is 1. The summed E-state index contributed by atoms with van der Waals surface area (Å²) >= 11 is 0. The lowest BCUT2D eigenvalue weighted by atomic mass is 10.1. The molecule has 0 bridgehead atoms. The van der Waals surface area contributed by atoms with Crippen LogP contribution in [0.2, 0.25) is 0 Å². The average molecular weight is 340 g/mol. The average Bonchev–Trinajstić information content (AvgIpc) is 3.10. The van der Waals surface area contributed by atoms with Gasteiger partial charge in [-0.2, -0.15) is 0 Å². The zero-order chi connectivity index (χ0) is 17.4. The van der Waals surface area contributed by atoms with Crippen LogP contribution in [0.4, 0.5) is 0 Å². The highest BCUT2D eigenvalue weighted by Crippen LogP contribution is 2.36. The van der Waals surface area contributed by atoms with Crippen LogP contribution in [-0.2, 0) is 6.42 Å². The maximum Gasteiger partial charge on any atom is 0.258 e. The molecule has 1 aliphatic rings. The number of fused-ring (bicyclic) bond motifs is 2. The molecule has 25 heavy (non-hydrogen) atoms. The first-order valence-corrected chi connectivity index (χ1v) is 7.72. The lowest BCUT2D eigenvalue weighted by Gasteiger charge is -2.10. The predicted octanol–water partition coefficient (Wildman–Crippen LogP) is 2.26. The zero-order valence-corrected chi connectivity index (χ0v) is 13.8. The fourth-order valence-electron chi connectivity index (χ4n) is 2.91. The minimum Gasteiger partial charge on any atom is -0.493 e. The first-order valence-electron chi connectivity index (χ1n) is 7.72. The van der Waals surface area contributed by atoms with Crippen molar-refractivity contribution in [2.45, 2.75) is 6.42 Å². The van der Waals surface area contributed by atoms with Crippen molar-refractivity contribution in [1.82, 2.24) is 9.97 Å². The van der Waals surface area contributed by atoms with Crippen LogP contribution in [0.25, 0.3) is 10.9 Å². The van der Waals surface area contributed by atoms with E-state index < -0.39 is 0 Å². The second kappa shape index (κ2) is 6.01. The molecule has 2 heterocycles. The number of aromatic nitrogens is 2. The van der Waals surface area contributed by atoms with Crippen LogP contribution in [0.15, 0.2) is 35.1 Å². The Morgan fingerprint density at radius 2 is 1.96 bits per heavy atom. The third-order valence-electron chi connectivity index (χ3n) is 4.10. The molecule has 0 aliphatic carbocycles. The van der Waals surface area contributed by atoms with Crippen molar-refractivity contribution in [3.63, 3.8) is 0 Å². The number of hydrogen-bond donors (Lipinski definition) is 1. The smallest absolute Gasteiger partial charge is 0.258 e. The molecular formula is C18H16N2O5. The molecule has 1 aromatic heterocycles. The molecule has 0 spiro atoms. The van der Waals surface area contributed by atoms with Crippen molar-refractivity contribution in [2.75, 3.05) is 21.0 Å². The first-order chi connectivity index (χ1) is 12.2. The van der Waals surface area contributed by atoms with Crippen molar-refractivity contribution >= 4 is 10.9 Å². The van der Waals surface area contributed by atoms with Crippen LogP contribution in [0.3, 0.4) is 0 Å². The third kappa shape index (κ3) is 2.63. The standard InChI is InChI=1S/C18H16N2O5/c1-22-14-7-11-12(8-15(14)23-2)19-16(20-18(11)21)6-10-4-3-5-13-17(10)25-9-24-13/h3-5,7-8H,6,9H2,1-2H3,(H,19,20,21). The Morgan fingerprint density at radius 1 is 1.16 bits per heavy atom. The Balaban J connectivity index is 1.79. The van der Waals surface area contributed by atoms with Crippen LogP contribution < -0.4 is 24.5 Å². The number of aromatic amines is 1. The van der Waals surface area contributed by atoms with Gasteiger partial charge in [0.25, 0.3) is 5.56 Å². The van der Waals surface area contributed by atoms with E-state index in [1.807, 2.05) is 18.2 Å². The lowest BCUT2D eigenvalue weighted by molar-refractivity contribution is 0.173. The van der Waals surface area contributed by atoms with Gasteiger partial charge in [-0.05, 0) is 12.1 Å². The number of rotatable bonds is 4. The Morgan fingerprint density at radius 3 is 2.76 bits per heavy atom. The minimum absolute atomic E-state index is 0.199. The topological polar surface area (TPSA) is 82.7 Å². The summed E-state index contributed by atoms with van der Waals surface area (Å²) in [5.74, 6) is 2.94. The summed E-state index contributed by atoms with van der Waals surface area (Å²) in [6.07, 6.45) is 0.423. The second-order valence-corrected chi connectivity index (χ2v) is 5.56. The van der Waals surface area contributed by atoms with E-state index in [2.05, 4.69) is 9.97 Å². The highest BCUT2D eigenvalue weighted by atomic mass is 16.7. The van der Waals surface area contributed by atoms with Crippen molar-refractivity contribution in [1.29, 1.82) is 0 Å². The Bertz CT molecular complexity index is 1010. The highest BCUT2D eigenvalue weighted by molar-refractivity contribution is 5.81. The van der Waals surface area contributed by atoms with E-state index in [1.54, 1.807) is 19.2 Å². The number of H-pyrrole nitrogens is 1. The van der Waals surface area contributed by atoms with Gasteiger partial charge in [-0.1, -0.05) is 12.1 Å². The molecule has 0 fully saturated rings. The summed E-state index contributed by atoms with van der Waals surface area (Å²) in [7, 11) is 3.07. The van der Waals surface area contributed by atoms with Gasteiger partial charge in [0.2, 0.25) is 6.79 Å². The number of methoxy groups -OCH3 is 2. The van der Waals surface area contributed by atoms with E-state index in [4.69, 9.17) is 18.9 Å². The van der Waals surface area contributed by atoms with Gasteiger partial charge < -0.3 is 23.9 Å². The molecule has 3 aromatic rings. The van der Waals surface area contributed by atoms with E-state index in [0.717, 1.165) is 5.56 Å². The summed E-state index contributed by atoms with van der Waals surface area (Å²) in [5.41, 5.74) is 1.21. The fourth-order valence-corrected chi connectivity index (χ4v) is 2.91. The number of para-hydroxylation sites is 1. The Labute approximate surface area is 143 Å². The molecule has 0 saturated heterocycles. The molecule has 1 N–H and O–H groups in total. The Kier molecular flexibility index (Phi) is 3.68. The van der Waals surface area contributed by atoms with E-state index in [-0.39, 0.29) is 12.4 Å². The number of nitrogens with one attached hydrogen (secondary N) is 1. The summed E-state index contributed by atoms with van der Waals surface area (Å²) in [6, 6.07) is 8.98. The number of hydrogen-bond acceptors (Lipinski definition) is 6. The molecule has 0 saturated carbocycles. The molecule has 0 atom stereocenters. The van der Waals surface area contributed by atoms with Gasteiger partial charge in [0.15, 0.2) is 23.0 Å². The van der Waals surface area contributed by atoms with E-state index in [1.165, 1.54) is 7.11 Å². The van der Waals surface area contributed by atoms with Gasteiger partial charge >= 0.3 is 0 Å². The first kappa shape index (κ1) is 15.3. The van der Waals surface area contributed by atoms with Crippen LogP contribution in [0, 0.1) is 0 Å². The largest absolute Gasteiger partial charge is 0.493 e. The van der Waals surface area contributed by atoms with Gasteiger partial charge in [-0.3, -0.25) is 4.79 Å². The van der Waals surface area contributed by atoms with Crippen LogP contribution in [0.1, 0.15) is 11.4 Å². The lowest BCUT2D eigenvalue weighted by Crippen LogP contribution is -2.13. The highest BCUT2D eigenvalue weighted by Gasteiger charge is 2.18. The predicted molar refractivity (Wildman–Crippen MR) is 90.8 cm³/mol. The SMILES string of the molecule is COc1cc2nc(Cc3cccc4c3OCO4)[nH]c(=O)c2cc1OC. The summed E-state index contributed by atoms with van der Waals surface area (Å²) < 4.78 is 21.4. The van der Waals surface area contributed by atoms with E-state index in [0.29, 0.717) is 46.1 Å². The van der Waals surface area contributed by atoms with E-state index in [9.17, 15) is 4.79 Å². The molecule has 1 aliphatic heterocycles. The molecule has 7 nitrogen and oxygen atoms in total. The van der Waals surface area contributed by atoms with Gasteiger partial charge in [0.05, 0.1) is 25.1 Å². The molecule has 0 radical (unpaired) electrons. The van der Waals surface area contributed by atoms with Crippen molar-refractivity contribution in [2.24, 2.45) is 0 Å². The summed E-state index contributed by atoms with van der Waals surface area (Å²) in [4.78, 5) is 19.8. The maximum atomic E-state index is 12.4. The molecule has 2 aromatic carbocycles.